The van der Waals surface area contributed by atoms with Crippen molar-refractivity contribution < 1.29 is 30.6 Å². The second kappa shape index (κ2) is 11.5. The Morgan fingerprint density at radius 2 is 1.06 bits per heavy atom. The van der Waals surface area contributed by atoms with E-state index in [-0.39, 0.29) is 26.1 Å². The largest absolute Gasteiger partial charge is 2.00 e. The summed E-state index contributed by atoms with van der Waals surface area (Å²) in [6.07, 6.45) is 5.76. The van der Waals surface area contributed by atoms with E-state index in [0.717, 1.165) is 12.8 Å². The third kappa shape index (κ3) is 31.3. The molecule has 0 unspecified atom stereocenters. The van der Waals surface area contributed by atoms with Gasteiger partial charge in [0.1, 0.15) is 0 Å². The van der Waals surface area contributed by atoms with Crippen molar-refractivity contribution in [3.8, 4) is 0 Å². The summed E-state index contributed by atoms with van der Waals surface area (Å²) in [6.45, 7) is 0. The molecule has 1 saturated carbocycles. The first-order valence-electron chi connectivity index (χ1n) is 4.38. The molecule has 11 heteroatoms. The van der Waals surface area contributed by atoms with Crippen LogP contribution in [0.3, 0.4) is 0 Å². The molecule has 1 aliphatic carbocycles. The standard InChI is InChI=1S/C6H14N2.2NO3.Pd/c7-6(8)4-2-1-3-5-6;2*2-1(3)4;/h1-5,7-8H2;;;/q;2*-1;+2. The van der Waals surface area contributed by atoms with Gasteiger partial charge in [-0.3, -0.25) is 0 Å². The minimum atomic E-state index is -1.75. The Morgan fingerprint density at radius 1 is 0.824 bits per heavy atom. The van der Waals surface area contributed by atoms with Gasteiger partial charge in [0, 0.05) is 0 Å². The van der Waals surface area contributed by atoms with Crippen LogP contribution in [0.5, 0.6) is 0 Å². The van der Waals surface area contributed by atoms with Crippen molar-refractivity contribution >= 4 is 0 Å². The molecule has 17 heavy (non-hydrogen) atoms. The van der Waals surface area contributed by atoms with Gasteiger partial charge in [-0.1, -0.05) is 19.3 Å². The zero-order chi connectivity index (χ0) is 13.2. The predicted octanol–water partition coefficient (Wildman–Crippen LogP) is 0.0835. The van der Waals surface area contributed by atoms with Crippen LogP contribution in [0.1, 0.15) is 32.1 Å². The Balaban J connectivity index is -0.000000189. The van der Waals surface area contributed by atoms with E-state index < -0.39 is 10.2 Å². The molecule has 1 rings (SSSR count). The molecule has 0 radical (unpaired) electrons. The van der Waals surface area contributed by atoms with Crippen LogP contribution in [0.2, 0.25) is 0 Å². The first-order chi connectivity index (χ1) is 7.17. The zero-order valence-electron chi connectivity index (χ0n) is 8.85. The van der Waals surface area contributed by atoms with Gasteiger partial charge in [0.05, 0.1) is 15.8 Å². The van der Waals surface area contributed by atoms with E-state index in [4.69, 9.17) is 42.1 Å². The molecule has 0 aliphatic heterocycles. The van der Waals surface area contributed by atoms with Crippen molar-refractivity contribution in [2.45, 2.75) is 37.8 Å². The van der Waals surface area contributed by atoms with Gasteiger partial charge in [-0.15, -0.1) is 0 Å². The molecule has 0 saturated heterocycles. The smallest absolute Gasteiger partial charge is 0.356 e. The van der Waals surface area contributed by atoms with Gasteiger partial charge in [-0.2, -0.15) is 0 Å². The van der Waals surface area contributed by atoms with Crippen LogP contribution in [-0.4, -0.2) is 15.8 Å². The number of hydrogen-bond acceptors (Lipinski definition) is 8. The average molecular weight is 345 g/mol. The van der Waals surface area contributed by atoms with Crippen molar-refractivity contribution in [3.63, 3.8) is 0 Å². The van der Waals surface area contributed by atoms with E-state index in [2.05, 4.69) is 0 Å². The molecule has 0 amide bonds. The minimum absolute atomic E-state index is 0. The number of nitrogens with two attached hydrogens (primary N) is 2. The maximum Gasteiger partial charge on any atom is 2.00 e. The van der Waals surface area contributed by atoms with E-state index in [1.54, 1.807) is 0 Å². The maximum absolute atomic E-state index is 8.25. The molecule has 1 aliphatic rings. The molecular formula is C6H14N4O6Pd. The van der Waals surface area contributed by atoms with Crippen LogP contribution in [-0.2, 0) is 20.4 Å². The predicted molar refractivity (Wildman–Crippen MR) is 54.9 cm³/mol. The van der Waals surface area contributed by atoms with Crippen LogP contribution >= 0.6 is 0 Å². The van der Waals surface area contributed by atoms with E-state index in [0.29, 0.717) is 0 Å². The zero-order valence-corrected chi connectivity index (χ0v) is 10.4. The fourth-order valence-corrected chi connectivity index (χ4v) is 1.21. The maximum atomic E-state index is 8.25. The molecule has 0 heterocycles. The Morgan fingerprint density at radius 3 is 1.18 bits per heavy atom. The monoisotopic (exact) mass is 344 g/mol. The molecule has 10 nitrogen and oxygen atoms in total. The van der Waals surface area contributed by atoms with Gasteiger partial charge in [-0.05, 0) is 12.8 Å². The minimum Gasteiger partial charge on any atom is -0.356 e. The van der Waals surface area contributed by atoms with E-state index in [1.165, 1.54) is 19.3 Å². The Labute approximate surface area is 111 Å². The van der Waals surface area contributed by atoms with Crippen LogP contribution in [0.25, 0.3) is 0 Å². The SMILES string of the molecule is NC1(N)CCCCC1.O=[N+]([O-])[O-].O=[N+]([O-])[O-].[Pd+2]. The molecule has 1 fully saturated rings. The molecule has 0 aromatic carbocycles. The van der Waals surface area contributed by atoms with Gasteiger partial charge >= 0.3 is 20.4 Å². The topological polar surface area (TPSA) is 184 Å². The molecule has 0 atom stereocenters. The molecule has 4 N–H and O–H groups in total. The molecule has 0 aromatic rings. The van der Waals surface area contributed by atoms with Crippen LogP contribution in [0.4, 0.5) is 0 Å². The fourth-order valence-electron chi connectivity index (χ4n) is 1.21. The van der Waals surface area contributed by atoms with Crippen LogP contribution in [0.15, 0.2) is 0 Å². The van der Waals surface area contributed by atoms with Crippen molar-refractivity contribution in [1.29, 1.82) is 0 Å². The quantitative estimate of drug-likeness (QED) is 0.267. The summed E-state index contributed by atoms with van der Waals surface area (Å²) in [5.41, 5.74) is 11.0. The molecule has 0 spiro atoms. The third-order valence-electron chi connectivity index (χ3n) is 1.78. The van der Waals surface area contributed by atoms with Gasteiger partial charge in [0.2, 0.25) is 0 Å². The number of rotatable bonds is 0. The van der Waals surface area contributed by atoms with Crippen molar-refractivity contribution in [2.75, 3.05) is 0 Å². The summed E-state index contributed by atoms with van der Waals surface area (Å²) >= 11 is 0. The fraction of sp³-hybridized carbons (Fsp3) is 1.00. The van der Waals surface area contributed by atoms with Crippen molar-refractivity contribution in [2.24, 2.45) is 11.5 Å². The van der Waals surface area contributed by atoms with Gasteiger partial charge in [-0.25, -0.2) is 0 Å². The van der Waals surface area contributed by atoms with Gasteiger partial charge in [0.25, 0.3) is 0 Å². The summed E-state index contributed by atoms with van der Waals surface area (Å²) in [4.78, 5) is 16.5. The number of nitrogens with zero attached hydrogens (tertiary/aromatic N) is 2. The summed E-state index contributed by atoms with van der Waals surface area (Å²) in [5, 5.41) is 29.5. The first kappa shape index (κ1) is 21.3. The van der Waals surface area contributed by atoms with Crippen molar-refractivity contribution in [1.82, 2.24) is 0 Å². The average Bonchev–Trinajstić information content (AvgIpc) is 2.00. The molecule has 104 valence electrons. The second-order valence-electron chi connectivity index (χ2n) is 3.24. The number of hydrogen-bond donors (Lipinski definition) is 2. The summed E-state index contributed by atoms with van der Waals surface area (Å²) in [5.74, 6) is 0. The summed E-state index contributed by atoms with van der Waals surface area (Å²) in [6, 6.07) is 0. The van der Waals surface area contributed by atoms with E-state index in [9.17, 15) is 0 Å². The van der Waals surface area contributed by atoms with Gasteiger partial charge < -0.3 is 42.1 Å². The summed E-state index contributed by atoms with van der Waals surface area (Å²) < 4.78 is 0. The summed E-state index contributed by atoms with van der Waals surface area (Å²) in [7, 11) is 0. The first-order valence-corrected chi connectivity index (χ1v) is 4.38. The molecule has 0 bridgehead atoms. The van der Waals surface area contributed by atoms with E-state index >= 15 is 0 Å². The van der Waals surface area contributed by atoms with Gasteiger partial charge in [0.15, 0.2) is 0 Å². The molecular weight excluding hydrogens is 331 g/mol. The Kier molecular flexibility index (Phi) is 14.4. The van der Waals surface area contributed by atoms with Crippen LogP contribution < -0.4 is 11.5 Å². The Hall–Kier alpha value is -1.02. The third-order valence-corrected chi connectivity index (χ3v) is 1.78. The Bertz CT molecular complexity index is 199. The van der Waals surface area contributed by atoms with Crippen molar-refractivity contribution in [3.05, 3.63) is 30.6 Å². The molecule has 0 aromatic heterocycles. The van der Waals surface area contributed by atoms with E-state index in [1.807, 2.05) is 0 Å². The van der Waals surface area contributed by atoms with Crippen LogP contribution in [0, 0.1) is 30.6 Å². The second-order valence-corrected chi connectivity index (χ2v) is 3.24. The normalized spacial score (nSPS) is 15.9.